The molecule has 0 spiro atoms. The molecule has 2 rings (SSSR count). The zero-order valence-corrected chi connectivity index (χ0v) is 15.6. The minimum Gasteiger partial charge on any atom is -0.496 e. The third kappa shape index (κ3) is 5.91. The number of likely N-dealkylation sites (tertiary alicyclic amines) is 1. The fraction of sp³-hybridized carbons (Fsp3) is 0.579. The first kappa shape index (κ1) is 20.0. The minimum atomic E-state index is -0.496. The van der Waals surface area contributed by atoms with E-state index in [2.05, 4.69) is 21.6 Å². The van der Waals surface area contributed by atoms with Crippen molar-refractivity contribution in [3.63, 3.8) is 0 Å². The van der Waals surface area contributed by atoms with Crippen LogP contribution in [0.4, 0.5) is 4.79 Å². The highest BCUT2D eigenvalue weighted by molar-refractivity contribution is 5.77. The molecule has 1 aliphatic heterocycles. The number of benzene rings is 1. The molecule has 0 radical (unpaired) electrons. The molecule has 1 heterocycles. The van der Waals surface area contributed by atoms with E-state index in [1.165, 1.54) is 12.8 Å². The highest BCUT2D eigenvalue weighted by Gasteiger charge is 2.26. The van der Waals surface area contributed by atoms with Crippen molar-refractivity contribution in [3.05, 3.63) is 29.8 Å². The van der Waals surface area contributed by atoms with E-state index in [0.29, 0.717) is 13.2 Å². The van der Waals surface area contributed by atoms with Crippen molar-refractivity contribution < 1.29 is 19.1 Å². The van der Waals surface area contributed by atoms with Gasteiger partial charge in [-0.2, -0.15) is 0 Å². The van der Waals surface area contributed by atoms with Crippen LogP contribution in [-0.4, -0.2) is 56.8 Å². The lowest BCUT2D eigenvalue weighted by Crippen LogP contribution is -2.38. The zero-order chi connectivity index (χ0) is 18.8. The normalized spacial score (nSPS) is 15.3. The van der Waals surface area contributed by atoms with E-state index < -0.39 is 6.09 Å². The summed E-state index contributed by atoms with van der Waals surface area (Å²) in [5, 5.41) is 5.54. The molecule has 0 aromatic heterocycles. The zero-order valence-electron chi connectivity index (χ0n) is 15.6. The predicted octanol–water partition coefficient (Wildman–Crippen LogP) is 2.08. The Labute approximate surface area is 155 Å². The van der Waals surface area contributed by atoms with Gasteiger partial charge in [0.25, 0.3) is 0 Å². The van der Waals surface area contributed by atoms with E-state index in [-0.39, 0.29) is 24.9 Å². The van der Waals surface area contributed by atoms with Crippen LogP contribution in [0.2, 0.25) is 0 Å². The number of nitrogens with zero attached hydrogens (tertiary/aromatic N) is 1. The van der Waals surface area contributed by atoms with Crippen molar-refractivity contribution in [2.75, 3.05) is 39.9 Å². The Morgan fingerprint density at radius 2 is 1.92 bits per heavy atom. The molecule has 1 saturated heterocycles. The molecule has 26 heavy (non-hydrogen) atoms. The lowest BCUT2D eigenvalue weighted by molar-refractivity contribution is -0.121. The number of ether oxygens (including phenoxy) is 2. The van der Waals surface area contributed by atoms with E-state index in [4.69, 9.17) is 9.47 Å². The molecular weight excluding hydrogens is 334 g/mol. The van der Waals surface area contributed by atoms with Crippen molar-refractivity contribution in [1.29, 1.82) is 0 Å². The Hall–Kier alpha value is -2.28. The number of alkyl carbamates (subject to hydrolysis) is 1. The van der Waals surface area contributed by atoms with Gasteiger partial charge in [-0.3, -0.25) is 9.69 Å². The molecule has 0 aliphatic carbocycles. The monoisotopic (exact) mass is 363 g/mol. The number of hydrogen-bond donors (Lipinski definition) is 2. The summed E-state index contributed by atoms with van der Waals surface area (Å²) in [7, 11) is 1.67. The van der Waals surface area contributed by atoms with Crippen molar-refractivity contribution >= 4 is 12.0 Å². The van der Waals surface area contributed by atoms with Crippen LogP contribution in [0.1, 0.15) is 37.8 Å². The van der Waals surface area contributed by atoms with Gasteiger partial charge >= 0.3 is 6.09 Å². The number of nitrogens with one attached hydrogen (secondary N) is 2. The van der Waals surface area contributed by atoms with Crippen LogP contribution in [0.25, 0.3) is 0 Å². The standard InChI is InChI=1S/C19H29N3O4/c1-3-26-19(24)20-11-10-18(23)21-14-16(22-12-6-7-13-22)15-8-4-5-9-17(15)25-2/h4-5,8-9,16H,3,6-7,10-14H2,1-2H3,(H,20,24)(H,21,23). The van der Waals surface area contributed by atoms with E-state index in [0.717, 1.165) is 24.4 Å². The Morgan fingerprint density at radius 1 is 1.19 bits per heavy atom. The molecule has 144 valence electrons. The molecule has 1 unspecified atom stereocenters. The second kappa shape index (κ2) is 10.7. The van der Waals surface area contributed by atoms with E-state index in [9.17, 15) is 9.59 Å². The molecule has 7 heteroatoms. The number of carbonyl (C=O) groups is 2. The molecule has 0 bridgehead atoms. The Balaban J connectivity index is 1.91. The molecule has 1 aliphatic rings. The van der Waals surface area contributed by atoms with Crippen molar-refractivity contribution in [1.82, 2.24) is 15.5 Å². The third-order valence-electron chi connectivity index (χ3n) is 4.47. The summed E-state index contributed by atoms with van der Waals surface area (Å²) in [6.07, 6.45) is 2.06. The van der Waals surface area contributed by atoms with Crippen molar-refractivity contribution in [2.45, 2.75) is 32.2 Å². The molecule has 7 nitrogen and oxygen atoms in total. The summed E-state index contributed by atoms with van der Waals surface area (Å²) in [6, 6.07) is 8.02. The van der Waals surface area contributed by atoms with Crippen LogP contribution in [0.3, 0.4) is 0 Å². The average Bonchev–Trinajstić information content (AvgIpc) is 3.17. The third-order valence-corrected chi connectivity index (χ3v) is 4.47. The summed E-state index contributed by atoms with van der Waals surface area (Å²) in [4.78, 5) is 25.8. The van der Waals surface area contributed by atoms with Crippen LogP contribution < -0.4 is 15.4 Å². The lowest BCUT2D eigenvalue weighted by Gasteiger charge is -2.29. The second-order valence-corrected chi connectivity index (χ2v) is 6.20. The average molecular weight is 363 g/mol. The molecular formula is C19H29N3O4. The summed E-state index contributed by atoms with van der Waals surface area (Å²) in [5.74, 6) is 0.739. The van der Waals surface area contributed by atoms with Crippen LogP contribution in [0.5, 0.6) is 5.75 Å². The lowest BCUT2D eigenvalue weighted by atomic mass is 10.0. The largest absolute Gasteiger partial charge is 0.496 e. The second-order valence-electron chi connectivity index (χ2n) is 6.20. The highest BCUT2D eigenvalue weighted by Crippen LogP contribution is 2.31. The highest BCUT2D eigenvalue weighted by atomic mass is 16.5. The SMILES string of the molecule is CCOC(=O)NCCC(=O)NCC(c1ccccc1OC)N1CCCC1. The fourth-order valence-electron chi connectivity index (χ4n) is 3.19. The van der Waals surface area contributed by atoms with Gasteiger partial charge in [0.1, 0.15) is 5.75 Å². The number of amides is 2. The summed E-state index contributed by atoms with van der Waals surface area (Å²) in [5.41, 5.74) is 1.09. The Bertz CT molecular complexity index is 588. The molecule has 1 atom stereocenters. The van der Waals surface area contributed by atoms with E-state index in [1.54, 1.807) is 14.0 Å². The smallest absolute Gasteiger partial charge is 0.407 e. The van der Waals surface area contributed by atoms with Crippen LogP contribution in [-0.2, 0) is 9.53 Å². The Morgan fingerprint density at radius 3 is 2.62 bits per heavy atom. The first-order valence-electron chi connectivity index (χ1n) is 9.20. The van der Waals surface area contributed by atoms with E-state index >= 15 is 0 Å². The summed E-state index contributed by atoms with van der Waals surface area (Å²) in [6.45, 7) is 4.86. The maximum Gasteiger partial charge on any atom is 0.407 e. The topological polar surface area (TPSA) is 79.9 Å². The van der Waals surface area contributed by atoms with Gasteiger partial charge in [0.15, 0.2) is 0 Å². The number of hydrogen-bond acceptors (Lipinski definition) is 5. The molecule has 1 aromatic rings. The molecule has 2 amide bonds. The number of methoxy groups -OCH3 is 1. The molecule has 0 saturated carbocycles. The van der Waals surface area contributed by atoms with Crippen LogP contribution in [0.15, 0.2) is 24.3 Å². The van der Waals surface area contributed by atoms with Crippen molar-refractivity contribution in [2.24, 2.45) is 0 Å². The first-order chi connectivity index (χ1) is 12.7. The van der Waals surface area contributed by atoms with Gasteiger partial charge in [0.2, 0.25) is 5.91 Å². The van der Waals surface area contributed by atoms with Gasteiger partial charge in [0.05, 0.1) is 19.8 Å². The quantitative estimate of drug-likeness (QED) is 0.702. The maximum atomic E-state index is 12.1. The van der Waals surface area contributed by atoms with Gasteiger partial charge in [0, 0.05) is 25.1 Å². The van der Waals surface area contributed by atoms with Gasteiger partial charge in [-0.05, 0) is 38.9 Å². The van der Waals surface area contributed by atoms with Gasteiger partial charge < -0.3 is 20.1 Å². The fourth-order valence-corrected chi connectivity index (χ4v) is 3.19. The van der Waals surface area contributed by atoms with Crippen LogP contribution >= 0.6 is 0 Å². The summed E-state index contributed by atoms with van der Waals surface area (Å²) < 4.78 is 10.3. The number of rotatable bonds is 9. The molecule has 2 N–H and O–H groups in total. The predicted molar refractivity (Wildman–Crippen MR) is 99.2 cm³/mol. The van der Waals surface area contributed by atoms with E-state index in [1.807, 2.05) is 18.2 Å². The number of carbonyl (C=O) groups excluding carboxylic acids is 2. The maximum absolute atomic E-state index is 12.1. The minimum absolute atomic E-state index is 0.0793. The van der Waals surface area contributed by atoms with Gasteiger partial charge in [-0.15, -0.1) is 0 Å². The number of para-hydroxylation sites is 1. The van der Waals surface area contributed by atoms with Crippen molar-refractivity contribution in [3.8, 4) is 5.75 Å². The Kier molecular flexibility index (Phi) is 8.21. The molecule has 1 aromatic carbocycles. The molecule has 1 fully saturated rings. The summed E-state index contributed by atoms with van der Waals surface area (Å²) >= 11 is 0. The first-order valence-corrected chi connectivity index (χ1v) is 9.20. The van der Waals surface area contributed by atoms with Gasteiger partial charge in [-0.25, -0.2) is 4.79 Å². The van der Waals surface area contributed by atoms with Gasteiger partial charge in [-0.1, -0.05) is 18.2 Å². The van der Waals surface area contributed by atoms with Crippen LogP contribution in [0, 0.1) is 0 Å².